The van der Waals surface area contributed by atoms with E-state index in [-0.39, 0.29) is 18.5 Å². The number of nitrogens with zero attached hydrogens (tertiary/aromatic N) is 2. The van der Waals surface area contributed by atoms with Gasteiger partial charge in [-0.2, -0.15) is 0 Å². The number of aliphatic imine (C=N–C) groups is 1. The van der Waals surface area contributed by atoms with Crippen LogP contribution in [0.2, 0.25) is 0 Å². The van der Waals surface area contributed by atoms with Gasteiger partial charge >= 0.3 is 0 Å². The molecule has 1 aromatic rings. The maximum absolute atomic E-state index is 11.8. The fourth-order valence-electron chi connectivity index (χ4n) is 2.38. The third-order valence-corrected chi connectivity index (χ3v) is 3.87. The molecule has 0 radical (unpaired) electrons. The Kier molecular flexibility index (Phi) is 6.20. The van der Waals surface area contributed by atoms with Crippen LogP contribution in [0.1, 0.15) is 31.4 Å². The highest BCUT2D eigenvalue weighted by Gasteiger charge is 2.15. The molecule has 1 unspecified atom stereocenters. The first-order valence-electron chi connectivity index (χ1n) is 8.04. The number of benzene rings is 1. The number of guanidine groups is 1. The predicted octanol–water partition coefficient (Wildman–Crippen LogP) is 2.09. The number of carbonyl (C=O) groups is 1. The molecule has 2 N–H and O–H groups in total. The second-order valence-electron chi connectivity index (χ2n) is 6.01. The normalized spacial score (nSPS) is 16.2. The minimum Gasteiger partial charge on any atom is -0.353 e. The Morgan fingerprint density at radius 1 is 1.26 bits per heavy atom. The largest absolute Gasteiger partial charge is 0.353 e. The van der Waals surface area contributed by atoms with E-state index in [4.69, 9.17) is 0 Å². The van der Waals surface area contributed by atoms with Gasteiger partial charge in [0.2, 0.25) is 5.91 Å². The number of hydrogen-bond acceptors (Lipinski definition) is 2. The van der Waals surface area contributed by atoms with Gasteiger partial charge < -0.3 is 15.5 Å². The van der Waals surface area contributed by atoms with Gasteiger partial charge in [-0.3, -0.25) is 4.79 Å². The average molecular weight is 314 g/mol. The molecule has 2 rings (SSSR count). The molecule has 0 heterocycles. The molecule has 0 aromatic heterocycles. The summed E-state index contributed by atoms with van der Waals surface area (Å²) in [6.07, 6.45) is 6.31. The fourth-order valence-corrected chi connectivity index (χ4v) is 2.38. The predicted molar refractivity (Wildman–Crippen MR) is 94.3 cm³/mol. The van der Waals surface area contributed by atoms with Crippen molar-refractivity contribution in [1.82, 2.24) is 15.5 Å². The summed E-state index contributed by atoms with van der Waals surface area (Å²) >= 11 is 0. The highest BCUT2D eigenvalue weighted by molar-refractivity contribution is 5.85. The molecule has 0 bridgehead atoms. The summed E-state index contributed by atoms with van der Waals surface area (Å²) in [5.74, 6) is 0.674. The first-order chi connectivity index (χ1) is 11.1. The van der Waals surface area contributed by atoms with Crippen molar-refractivity contribution >= 4 is 11.9 Å². The van der Waals surface area contributed by atoms with Gasteiger partial charge in [0.25, 0.3) is 0 Å². The monoisotopic (exact) mass is 314 g/mol. The van der Waals surface area contributed by atoms with Crippen molar-refractivity contribution in [3.8, 4) is 0 Å². The molecule has 124 valence electrons. The van der Waals surface area contributed by atoms with E-state index in [0.717, 1.165) is 12.8 Å². The van der Waals surface area contributed by atoms with Crippen molar-refractivity contribution < 1.29 is 4.79 Å². The molecular formula is C18H26N4O. The number of amides is 1. The van der Waals surface area contributed by atoms with Gasteiger partial charge in [-0.25, -0.2) is 4.99 Å². The zero-order chi connectivity index (χ0) is 16.7. The first-order valence-corrected chi connectivity index (χ1v) is 8.04. The standard InChI is InChI=1S/C18H26N4O/c1-14(15-9-5-4-6-10-15)20-18(19-13-17(23)22(2)3)21-16-11-7-8-12-16/h4-10,14,16H,11-13H2,1-3H3,(H2,19,20,21). The van der Waals surface area contributed by atoms with E-state index in [1.807, 2.05) is 18.2 Å². The van der Waals surface area contributed by atoms with E-state index in [0.29, 0.717) is 12.0 Å². The van der Waals surface area contributed by atoms with E-state index in [9.17, 15) is 4.79 Å². The van der Waals surface area contributed by atoms with Crippen LogP contribution in [0, 0.1) is 0 Å². The summed E-state index contributed by atoms with van der Waals surface area (Å²) in [6, 6.07) is 10.7. The number of likely N-dealkylation sites (N-methyl/N-ethyl adjacent to an activating group) is 1. The Morgan fingerprint density at radius 3 is 2.52 bits per heavy atom. The Labute approximate surface area is 138 Å². The minimum atomic E-state index is -0.0111. The summed E-state index contributed by atoms with van der Waals surface area (Å²) in [4.78, 5) is 17.8. The molecule has 5 heteroatoms. The van der Waals surface area contributed by atoms with Gasteiger partial charge in [0.05, 0.1) is 6.04 Å². The second kappa shape index (κ2) is 8.36. The van der Waals surface area contributed by atoms with Crippen LogP contribution >= 0.6 is 0 Å². The lowest BCUT2D eigenvalue weighted by Gasteiger charge is -2.22. The number of carbonyl (C=O) groups excluding carboxylic acids is 1. The van der Waals surface area contributed by atoms with Crippen molar-refractivity contribution in [3.05, 3.63) is 48.0 Å². The van der Waals surface area contributed by atoms with E-state index < -0.39 is 0 Å². The quantitative estimate of drug-likeness (QED) is 0.497. The fraction of sp³-hybridized carbons (Fsp3) is 0.444. The second-order valence-corrected chi connectivity index (χ2v) is 6.01. The molecule has 1 aromatic carbocycles. The van der Waals surface area contributed by atoms with Crippen LogP contribution in [0.5, 0.6) is 0 Å². The van der Waals surface area contributed by atoms with Gasteiger partial charge in [0.15, 0.2) is 5.96 Å². The van der Waals surface area contributed by atoms with Crippen LogP contribution in [0.25, 0.3) is 0 Å². The third-order valence-electron chi connectivity index (χ3n) is 3.87. The van der Waals surface area contributed by atoms with Gasteiger partial charge in [0, 0.05) is 20.1 Å². The van der Waals surface area contributed by atoms with E-state index in [1.165, 1.54) is 5.56 Å². The zero-order valence-corrected chi connectivity index (χ0v) is 14.1. The number of nitrogens with one attached hydrogen (secondary N) is 2. The summed E-state index contributed by atoms with van der Waals surface area (Å²) in [7, 11) is 3.48. The van der Waals surface area contributed by atoms with E-state index >= 15 is 0 Å². The lowest BCUT2D eigenvalue weighted by atomic mass is 10.1. The number of hydrogen-bond donors (Lipinski definition) is 2. The molecule has 1 atom stereocenters. The molecule has 1 amide bonds. The van der Waals surface area contributed by atoms with Gasteiger partial charge in [0.1, 0.15) is 6.54 Å². The van der Waals surface area contributed by atoms with Crippen molar-refractivity contribution in [1.29, 1.82) is 0 Å². The average Bonchev–Trinajstić information content (AvgIpc) is 3.05. The Hall–Kier alpha value is -2.30. The van der Waals surface area contributed by atoms with E-state index in [2.05, 4.69) is 46.8 Å². The van der Waals surface area contributed by atoms with Gasteiger partial charge in [-0.05, 0) is 25.3 Å². The molecule has 23 heavy (non-hydrogen) atoms. The Balaban J connectivity index is 2.02. The highest BCUT2D eigenvalue weighted by Crippen LogP contribution is 2.12. The molecule has 5 nitrogen and oxygen atoms in total. The molecule has 0 spiro atoms. The van der Waals surface area contributed by atoms with Crippen molar-refractivity contribution in [2.75, 3.05) is 20.6 Å². The van der Waals surface area contributed by atoms with Gasteiger partial charge in [-0.15, -0.1) is 0 Å². The Morgan fingerprint density at radius 2 is 1.91 bits per heavy atom. The molecule has 1 aliphatic carbocycles. The van der Waals surface area contributed by atoms with Crippen LogP contribution in [0.15, 0.2) is 47.5 Å². The summed E-state index contributed by atoms with van der Waals surface area (Å²) in [6.45, 7) is 2.23. The number of rotatable bonds is 5. The molecular weight excluding hydrogens is 288 g/mol. The topological polar surface area (TPSA) is 56.7 Å². The van der Waals surface area contributed by atoms with Crippen LogP contribution in [0.3, 0.4) is 0 Å². The SMILES string of the molecule is CC(NC(=NCC(=O)N(C)C)NC1CC=CC1)c1ccccc1. The maximum atomic E-state index is 11.8. The summed E-state index contributed by atoms with van der Waals surface area (Å²) < 4.78 is 0. The van der Waals surface area contributed by atoms with Crippen molar-refractivity contribution in [3.63, 3.8) is 0 Å². The third kappa shape index (κ3) is 5.43. The minimum absolute atomic E-state index is 0.0111. The first kappa shape index (κ1) is 17.1. The summed E-state index contributed by atoms with van der Waals surface area (Å²) in [5.41, 5.74) is 1.19. The van der Waals surface area contributed by atoms with Crippen LogP contribution in [-0.2, 0) is 4.79 Å². The van der Waals surface area contributed by atoms with E-state index in [1.54, 1.807) is 19.0 Å². The van der Waals surface area contributed by atoms with Crippen LogP contribution in [-0.4, -0.2) is 43.4 Å². The zero-order valence-electron chi connectivity index (χ0n) is 14.1. The molecule has 0 saturated carbocycles. The molecule has 0 aliphatic heterocycles. The van der Waals surface area contributed by atoms with Crippen molar-refractivity contribution in [2.45, 2.75) is 31.8 Å². The molecule has 1 aliphatic rings. The highest BCUT2D eigenvalue weighted by atomic mass is 16.2. The lowest BCUT2D eigenvalue weighted by molar-refractivity contribution is -0.127. The van der Waals surface area contributed by atoms with Crippen LogP contribution in [0.4, 0.5) is 0 Å². The van der Waals surface area contributed by atoms with Gasteiger partial charge in [-0.1, -0.05) is 42.5 Å². The van der Waals surface area contributed by atoms with Crippen LogP contribution < -0.4 is 10.6 Å². The maximum Gasteiger partial charge on any atom is 0.243 e. The van der Waals surface area contributed by atoms with Crippen molar-refractivity contribution in [2.24, 2.45) is 4.99 Å². The Bertz CT molecular complexity index is 558. The molecule has 0 saturated heterocycles. The molecule has 0 fully saturated rings. The lowest BCUT2D eigenvalue weighted by Crippen LogP contribution is -2.44. The smallest absolute Gasteiger partial charge is 0.243 e. The summed E-state index contributed by atoms with van der Waals surface area (Å²) in [5, 5.41) is 6.81.